The number of carbonyl (C=O) groups is 1. The van der Waals surface area contributed by atoms with E-state index in [-0.39, 0.29) is 16.7 Å². The number of alkyl halides is 3. The quantitative estimate of drug-likeness (QED) is 0.296. The van der Waals surface area contributed by atoms with E-state index in [2.05, 4.69) is 25.5 Å². The van der Waals surface area contributed by atoms with Crippen LogP contribution in [0, 0.1) is 11.3 Å². The summed E-state index contributed by atoms with van der Waals surface area (Å²) in [5.74, 6) is 0.656. The third-order valence-corrected chi connectivity index (χ3v) is 7.42. The van der Waals surface area contributed by atoms with Gasteiger partial charge in [-0.05, 0) is 54.2 Å². The number of halogens is 3. The smallest absolute Gasteiger partial charge is 0.465 e. The molecule has 0 aromatic heterocycles. The predicted molar refractivity (Wildman–Crippen MR) is 123 cm³/mol. The lowest BCUT2D eigenvalue weighted by atomic mass is 9.67. The van der Waals surface area contributed by atoms with Crippen LogP contribution < -0.4 is 9.22 Å². The SMILES string of the molecule is COC(=O)c1ccc2c(c1)N=C(c1ccc(OC(F)(F)F)cc1)[N+]21CC12C[C@H](C)CC(C)(C)C2. The normalized spacial score (nSPS) is 29.0. The van der Waals surface area contributed by atoms with Gasteiger partial charge in [-0.15, -0.1) is 13.2 Å². The lowest BCUT2D eigenvalue weighted by Gasteiger charge is -2.39. The van der Waals surface area contributed by atoms with Gasteiger partial charge in [0.05, 0.1) is 18.2 Å². The minimum absolute atomic E-state index is 0.0286. The predicted octanol–water partition coefficient (Wildman–Crippen LogP) is 6.37. The van der Waals surface area contributed by atoms with Crippen LogP contribution in [0.4, 0.5) is 24.5 Å². The van der Waals surface area contributed by atoms with Crippen LogP contribution in [0.2, 0.25) is 0 Å². The molecule has 2 aromatic rings. The molecule has 0 amide bonds. The number of methoxy groups -OCH3 is 1. The summed E-state index contributed by atoms with van der Waals surface area (Å²) in [4.78, 5) is 17.1. The summed E-state index contributed by atoms with van der Waals surface area (Å²) in [6.07, 6.45) is -1.52. The zero-order valence-corrected chi connectivity index (χ0v) is 19.7. The fourth-order valence-corrected chi connectivity index (χ4v) is 6.74. The molecule has 3 aliphatic rings. The molecule has 1 saturated carbocycles. The van der Waals surface area contributed by atoms with E-state index in [9.17, 15) is 18.0 Å². The number of carbonyl (C=O) groups excluding carboxylic acids is 1. The number of hydrogen-bond acceptors (Lipinski definition) is 4. The van der Waals surface area contributed by atoms with Crippen molar-refractivity contribution in [1.82, 2.24) is 4.48 Å². The van der Waals surface area contributed by atoms with Crippen molar-refractivity contribution in [3.05, 3.63) is 53.6 Å². The van der Waals surface area contributed by atoms with Crippen molar-refractivity contribution in [2.75, 3.05) is 13.7 Å². The fraction of sp³-hybridized carbons (Fsp3) is 0.462. The summed E-state index contributed by atoms with van der Waals surface area (Å²) >= 11 is 0. The molecular weight excluding hydrogens is 445 g/mol. The minimum Gasteiger partial charge on any atom is -0.465 e. The van der Waals surface area contributed by atoms with Crippen LogP contribution in [0.5, 0.6) is 5.75 Å². The maximum Gasteiger partial charge on any atom is 0.573 e. The molecule has 1 aliphatic carbocycles. The largest absolute Gasteiger partial charge is 0.573 e. The first-order valence-corrected chi connectivity index (χ1v) is 11.4. The number of amidine groups is 1. The van der Waals surface area contributed by atoms with Crippen LogP contribution in [0.1, 0.15) is 56.0 Å². The summed E-state index contributed by atoms with van der Waals surface area (Å²) < 4.78 is 47.5. The number of fused-ring (bicyclic) bond motifs is 3. The highest BCUT2D eigenvalue weighted by Crippen LogP contribution is 2.65. The van der Waals surface area contributed by atoms with E-state index in [0.29, 0.717) is 21.7 Å². The number of ether oxygens (including phenoxy) is 2. The van der Waals surface area contributed by atoms with E-state index in [4.69, 9.17) is 9.73 Å². The molecule has 5 nitrogen and oxygen atoms in total. The van der Waals surface area contributed by atoms with Crippen molar-refractivity contribution >= 4 is 23.2 Å². The van der Waals surface area contributed by atoms with Crippen LogP contribution in [0.3, 0.4) is 0 Å². The molecular formula is C26H28F3N2O3+. The average Bonchev–Trinajstić information content (AvgIpc) is 3.20. The molecule has 180 valence electrons. The van der Waals surface area contributed by atoms with Crippen LogP contribution in [-0.4, -0.2) is 37.4 Å². The summed E-state index contributed by atoms with van der Waals surface area (Å²) in [7, 11) is 1.34. The van der Waals surface area contributed by atoms with Crippen LogP contribution in [-0.2, 0) is 4.74 Å². The second-order valence-corrected chi connectivity index (χ2v) is 10.7. The topological polar surface area (TPSA) is 47.9 Å². The van der Waals surface area contributed by atoms with Gasteiger partial charge in [-0.2, -0.15) is 4.99 Å². The molecule has 2 heterocycles. The zero-order valence-electron chi connectivity index (χ0n) is 19.7. The van der Waals surface area contributed by atoms with Gasteiger partial charge in [-0.3, -0.25) is 0 Å². The maximum absolute atomic E-state index is 12.6. The summed E-state index contributed by atoms with van der Waals surface area (Å²) in [6.45, 7) is 7.77. The summed E-state index contributed by atoms with van der Waals surface area (Å²) in [5, 5.41) is 0. The number of aliphatic imine (C=N–C) groups is 1. The van der Waals surface area contributed by atoms with Crippen LogP contribution in [0.25, 0.3) is 0 Å². The first kappa shape index (κ1) is 22.9. The van der Waals surface area contributed by atoms with Gasteiger partial charge < -0.3 is 9.47 Å². The Morgan fingerprint density at radius 3 is 2.44 bits per heavy atom. The van der Waals surface area contributed by atoms with Gasteiger partial charge >= 0.3 is 12.3 Å². The van der Waals surface area contributed by atoms with Crippen molar-refractivity contribution in [1.29, 1.82) is 0 Å². The molecule has 3 atom stereocenters. The minimum atomic E-state index is -4.74. The highest BCUT2D eigenvalue weighted by atomic mass is 19.4. The summed E-state index contributed by atoms with van der Waals surface area (Å²) in [5.41, 5.74) is 3.05. The maximum atomic E-state index is 12.6. The highest BCUT2D eigenvalue weighted by Gasteiger charge is 2.77. The molecule has 0 N–H and O–H groups in total. The van der Waals surface area contributed by atoms with Gasteiger partial charge in [0.1, 0.15) is 18.0 Å². The fourth-order valence-electron chi connectivity index (χ4n) is 6.74. The number of nitrogens with zero attached hydrogens (tertiary/aromatic N) is 2. The monoisotopic (exact) mass is 473 g/mol. The number of esters is 1. The first-order chi connectivity index (χ1) is 15.9. The van der Waals surface area contributed by atoms with Gasteiger partial charge in [0.15, 0.2) is 11.2 Å². The second-order valence-electron chi connectivity index (χ2n) is 10.7. The molecule has 2 aromatic carbocycles. The highest BCUT2D eigenvalue weighted by molar-refractivity contribution is 6.16. The molecule has 5 rings (SSSR count). The molecule has 8 heteroatoms. The zero-order chi connectivity index (χ0) is 24.5. The van der Waals surface area contributed by atoms with Gasteiger partial charge in [0.25, 0.3) is 0 Å². The van der Waals surface area contributed by atoms with Crippen LogP contribution in [0.15, 0.2) is 47.5 Å². The van der Waals surface area contributed by atoms with Crippen molar-refractivity contribution < 1.29 is 27.4 Å². The molecule has 2 aliphatic heterocycles. The molecule has 34 heavy (non-hydrogen) atoms. The Labute approximate surface area is 196 Å². The molecule has 0 radical (unpaired) electrons. The number of quaternary nitrogens is 1. The van der Waals surface area contributed by atoms with E-state index < -0.39 is 12.3 Å². The second kappa shape index (κ2) is 7.31. The molecule has 2 fully saturated rings. The standard InChI is InChI=1S/C26H28F3N2O3/c1-16-12-24(2,3)14-25(13-16)15-31(25)21-10-7-18(23(32)33-4)11-20(21)30-22(31)17-5-8-19(9-6-17)34-26(27,28)29/h5-11,16H,12-15H2,1-4H3/q+1/t16-,25?,31?/m1/s1. The summed E-state index contributed by atoms with van der Waals surface area (Å²) in [6, 6.07) is 11.4. The van der Waals surface area contributed by atoms with Gasteiger partial charge in [-0.1, -0.05) is 20.8 Å². The number of benzene rings is 2. The van der Waals surface area contributed by atoms with Gasteiger partial charge in [0, 0.05) is 18.9 Å². The van der Waals surface area contributed by atoms with E-state index in [0.717, 1.165) is 42.9 Å². The van der Waals surface area contributed by atoms with E-state index in [1.807, 2.05) is 6.07 Å². The third kappa shape index (κ3) is 3.59. The van der Waals surface area contributed by atoms with Crippen molar-refractivity contribution in [3.63, 3.8) is 0 Å². The lowest BCUT2D eigenvalue weighted by Crippen LogP contribution is -2.46. The molecule has 2 unspecified atom stereocenters. The Hall–Kier alpha value is -2.87. The van der Waals surface area contributed by atoms with E-state index in [1.54, 1.807) is 24.3 Å². The van der Waals surface area contributed by atoms with Gasteiger partial charge in [0.2, 0.25) is 5.84 Å². The molecule has 0 bridgehead atoms. The Morgan fingerprint density at radius 2 is 1.82 bits per heavy atom. The van der Waals surface area contributed by atoms with E-state index >= 15 is 0 Å². The number of hydrogen-bond donors (Lipinski definition) is 0. The Morgan fingerprint density at radius 1 is 1.12 bits per heavy atom. The molecule has 2 spiro atoms. The Balaban J connectivity index is 1.60. The number of rotatable bonds is 3. The van der Waals surface area contributed by atoms with E-state index in [1.165, 1.54) is 19.2 Å². The van der Waals surface area contributed by atoms with Crippen molar-refractivity contribution in [3.8, 4) is 5.75 Å². The third-order valence-electron chi connectivity index (χ3n) is 7.42. The first-order valence-electron chi connectivity index (χ1n) is 11.4. The lowest BCUT2D eigenvalue weighted by molar-refractivity contribution is -0.274. The Kier molecular flexibility index (Phi) is 4.93. The van der Waals surface area contributed by atoms with Crippen molar-refractivity contribution in [2.45, 2.75) is 51.9 Å². The van der Waals surface area contributed by atoms with Gasteiger partial charge in [-0.25, -0.2) is 9.28 Å². The van der Waals surface area contributed by atoms with Crippen molar-refractivity contribution in [2.24, 2.45) is 16.3 Å². The molecule has 1 saturated heterocycles. The van der Waals surface area contributed by atoms with Crippen LogP contribution >= 0.6 is 0 Å². The Bertz CT molecular complexity index is 1190. The average molecular weight is 474 g/mol.